The molecule has 4 nitrogen and oxygen atoms in total. The van der Waals surface area contributed by atoms with E-state index in [0.717, 1.165) is 23.1 Å². The molecule has 0 aliphatic heterocycles. The van der Waals surface area contributed by atoms with Gasteiger partial charge >= 0.3 is 0 Å². The van der Waals surface area contributed by atoms with Gasteiger partial charge in [0.15, 0.2) is 6.29 Å². The van der Waals surface area contributed by atoms with Crippen molar-refractivity contribution in [3.8, 4) is 5.69 Å². The molecule has 0 saturated heterocycles. The van der Waals surface area contributed by atoms with Gasteiger partial charge in [-0.05, 0) is 38.1 Å². The van der Waals surface area contributed by atoms with E-state index in [2.05, 4.69) is 5.10 Å². The normalized spacial score (nSPS) is 11.3. The van der Waals surface area contributed by atoms with E-state index in [1.165, 1.54) is 12.1 Å². The van der Waals surface area contributed by atoms with Gasteiger partial charge < -0.3 is 4.57 Å². The lowest BCUT2D eigenvalue weighted by Crippen LogP contribution is -1.96. The summed E-state index contributed by atoms with van der Waals surface area (Å²) in [5, 5.41) is 4.91. The average molecular weight is 432 g/mol. The van der Waals surface area contributed by atoms with Crippen LogP contribution in [0.15, 0.2) is 52.5 Å². The highest BCUT2D eigenvalue weighted by atomic mass is 35.5. The Hall–Kier alpha value is -2.64. The first kappa shape index (κ1) is 19.7. The van der Waals surface area contributed by atoms with Crippen molar-refractivity contribution in [2.75, 3.05) is 0 Å². The number of carbonyl (C=O) groups is 1. The van der Waals surface area contributed by atoms with Crippen molar-refractivity contribution < 1.29 is 13.6 Å². The summed E-state index contributed by atoms with van der Waals surface area (Å²) in [5.41, 5.74) is 2.00. The Morgan fingerprint density at radius 3 is 2.76 bits per heavy atom. The topological polar surface area (TPSA) is 39.8 Å². The van der Waals surface area contributed by atoms with E-state index in [4.69, 9.17) is 11.6 Å². The van der Waals surface area contributed by atoms with E-state index in [1.807, 2.05) is 24.6 Å². The van der Waals surface area contributed by atoms with Crippen LogP contribution in [0.3, 0.4) is 0 Å². The third kappa shape index (κ3) is 3.34. The van der Waals surface area contributed by atoms with Gasteiger partial charge in [0.25, 0.3) is 0 Å². The van der Waals surface area contributed by atoms with Crippen molar-refractivity contribution in [2.45, 2.75) is 30.2 Å². The highest BCUT2D eigenvalue weighted by Crippen LogP contribution is 2.42. The number of aromatic nitrogens is 3. The van der Waals surface area contributed by atoms with Gasteiger partial charge in [-0.2, -0.15) is 5.10 Å². The maximum absolute atomic E-state index is 15.0. The zero-order chi connectivity index (χ0) is 20.7. The van der Waals surface area contributed by atoms with Crippen LogP contribution in [-0.2, 0) is 6.54 Å². The standard InChI is InChI=1S/C21H16ClF2N3OS/c1-3-26-10-15(9-25-26)27-12(2)21(19-16(23)7-14(22)8-17(19)27)29-18-6-4-5-13(11-28)20(18)24/h4-11H,3H2,1-2H3. The van der Waals surface area contributed by atoms with Gasteiger partial charge in [0.1, 0.15) is 11.6 Å². The predicted octanol–water partition coefficient (Wildman–Crippen LogP) is 6.05. The van der Waals surface area contributed by atoms with Crippen LogP contribution in [0.4, 0.5) is 8.78 Å². The molecule has 0 aliphatic carbocycles. The Bertz CT molecular complexity index is 1250. The number of hydrogen-bond donors (Lipinski definition) is 0. The third-order valence-electron chi connectivity index (χ3n) is 4.70. The predicted molar refractivity (Wildman–Crippen MR) is 110 cm³/mol. The molecule has 2 aromatic carbocycles. The third-order valence-corrected chi connectivity index (χ3v) is 6.16. The number of carbonyl (C=O) groups excluding carboxylic acids is 1. The summed E-state index contributed by atoms with van der Waals surface area (Å²) in [5.74, 6) is -1.12. The average Bonchev–Trinajstić information content (AvgIpc) is 3.26. The second kappa shape index (κ2) is 7.65. The lowest BCUT2D eigenvalue weighted by atomic mass is 10.2. The first-order valence-electron chi connectivity index (χ1n) is 8.89. The number of aldehydes is 1. The maximum Gasteiger partial charge on any atom is 0.153 e. The molecule has 0 bridgehead atoms. The molecule has 0 spiro atoms. The smallest absolute Gasteiger partial charge is 0.153 e. The molecule has 0 atom stereocenters. The van der Waals surface area contributed by atoms with Gasteiger partial charge in [-0.15, -0.1) is 0 Å². The summed E-state index contributed by atoms with van der Waals surface area (Å²) >= 11 is 7.21. The second-order valence-corrected chi connectivity index (χ2v) is 7.95. The Balaban J connectivity index is 1.97. The molecular formula is C21H16ClF2N3OS. The van der Waals surface area contributed by atoms with E-state index in [-0.39, 0.29) is 15.5 Å². The van der Waals surface area contributed by atoms with Crippen LogP contribution in [0.25, 0.3) is 16.6 Å². The van der Waals surface area contributed by atoms with Crippen LogP contribution in [0.1, 0.15) is 23.0 Å². The maximum atomic E-state index is 15.0. The molecule has 2 aromatic heterocycles. The number of fused-ring (bicyclic) bond motifs is 1. The number of nitrogens with zero attached hydrogens (tertiary/aromatic N) is 3. The molecule has 4 aromatic rings. The monoisotopic (exact) mass is 431 g/mol. The molecule has 8 heteroatoms. The fourth-order valence-corrected chi connectivity index (χ4v) is 4.65. The summed E-state index contributed by atoms with van der Waals surface area (Å²) in [6, 6.07) is 7.49. The summed E-state index contributed by atoms with van der Waals surface area (Å²) in [6.07, 6.45) is 4.01. The minimum absolute atomic E-state index is 0.0378. The molecule has 4 rings (SSSR count). The van der Waals surface area contributed by atoms with E-state index < -0.39 is 11.6 Å². The molecule has 0 amide bonds. The lowest BCUT2D eigenvalue weighted by Gasteiger charge is -2.07. The minimum atomic E-state index is -0.624. The zero-order valence-electron chi connectivity index (χ0n) is 15.6. The van der Waals surface area contributed by atoms with Crippen LogP contribution < -0.4 is 0 Å². The highest BCUT2D eigenvalue weighted by molar-refractivity contribution is 7.99. The first-order valence-corrected chi connectivity index (χ1v) is 10.1. The summed E-state index contributed by atoms with van der Waals surface area (Å²) < 4.78 is 33.2. The van der Waals surface area contributed by atoms with Gasteiger partial charge in [0.05, 0.1) is 28.4 Å². The molecule has 0 saturated carbocycles. The van der Waals surface area contributed by atoms with Crippen molar-refractivity contribution in [3.63, 3.8) is 0 Å². The Morgan fingerprint density at radius 2 is 2.07 bits per heavy atom. The van der Waals surface area contributed by atoms with Gasteiger partial charge in [0, 0.05) is 33.2 Å². The number of hydrogen-bond acceptors (Lipinski definition) is 3. The number of rotatable bonds is 5. The van der Waals surface area contributed by atoms with Crippen LogP contribution in [0.5, 0.6) is 0 Å². The van der Waals surface area contributed by atoms with Gasteiger partial charge in [-0.25, -0.2) is 8.78 Å². The summed E-state index contributed by atoms with van der Waals surface area (Å²) in [7, 11) is 0. The molecule has 0 radical (unpaired) electrons. The van der Waals surface area contributed by atoms with Crippen LogP contribution in [0.2, 0.25) is 5.02 Å². The van der Waals surface area contributed by atoms with Gasteiger partial charge in [-0.1, -0.05) is 29.4 Å². The molecule has 148 valence electrons. The Labute approximate surface area is 175 Å². The van der Waals surface area contributed by atoms with Gasteiger partial charge in [0.2, 0.25) is 0 Å². The van der Waals surface area contributed by atoms with Crippen molar-refractivity contribution in [1.29, 1.82) is 0 Å². The Kier molecular flexibility index (Phi) is 5.19. The van der Waals surface area contributed by atoms with Crippen molar-refractivity contribution in [3.05, 3.63) is 70.6 Å². The van der Waals surface area contributed by atoms with Crippen LogP contribution in [-0.4, -0.2) is 20.6 Å². The summed E-state index contributed by atoms with van der Waals surface area (Å²) in [6.45, 7) is 4.50. The highest BCUT2D eigenvalue weighted by Gasteiger charge is 2.22. The lowest BCUT2D eigenvalue weighted by molar-refractivity contribution is 0.111. The molecule has 0 N–H and O–H groups in total. The number of benzene rings is 2. The fourth-order valence-electron chi connectivity index (χ4n) is 3.33. The molecule has 0 unspecified atom stereocenters. The van der Waals surface area contributed by atoms with Gasteiger partial charge in [-0.3, -0.25) is 9.48 Å². The SMILES string of the molecule is CCn1cc(-n2c(C)c(Sc3cccc(C=O)c3F)c3c(F)cc(Cl)cc32)cn1. The minimum Gasteiger partial charge on any atom is -0.310 e. The van der Waals surface area contributed by atoms with Crippen molar-refractivity contribution >= 4 is 40.6 Å². The molecule has 0 aliphatic rings. The van der Waals surface area contributed by atoms with E-state index in [1.54, 1.807) is 29.1 Å². The Morgan fingerprint density at radius 1 is 1.28 bits per heavy atom. The largest absolute Gasteiger partial charge is 0.310 e. The molecule has 29 heavy (non-hydrogen) atoms. The summed E-state index contributed by atoms with van der Waals surface area (Å²) in [4.78, 5) is 11.9. The first-order chi connectivity index (χ1) is 13.9. The van der Waals surface area contributed by atoms with Crippen LogP contribution >= 0.6 is 23.4 Å². The van der Waals surface area contributed by atoms with E-state index >= 15 is 0 Å². The fraction of sp³-hybridized carbons (Fsp3) is 0.143. The zero-order valence-corrected chi connectivity index (χ0v) is 17.2. The number of aryl methyl sites for hydroxylation is 1. The number of halogens is 3. The molecular weight excluding hydrogens is 416 g/mol. The second-order valence-electron chi connectivity index (χ2n) is 6.47. The van der Waals surface area contributed by atoms with E-state index in [9.17, 15) is 13.6 Å². The van der Waals surface area contributed by atoms with E-state index in [0.29, 0.717) is 28.6 Å². The van der Waals surface area contributed by atoms with Crippen molar-refractivity contribution in [2.24, 2.45) is 0 Å². The quantitative estimate of drug-likeness (QED) is 0.361. The van der Waals surface area contributed by atoms with Crippen LogP contribution in [0, 0.1) is 18.6 Å². The molecule has 2 heterocycles. The van der Waals surface area contributed by atoms with Crippen molar-refractivity contribution in [1.82, 2.24) is 14.3 Å². The molecule has 0 fully saturated rings.